The van der Waals surface area contributed by atoms with E-state index in [1.165, 1.54) is 67.2 Å². The Morgan fingerprint density at radius 2 is 1.19 bits per heavy atom. The molecule has 0 radical (unpaired) electrons. The summed E-state index contributed by atoms with van der Waals surface area (Å²) in [7, 11) is 0. The number of unbranched alkanes of at least 4 members (excludes halogenated alkanes) is 7. The van der Waals surface area contributed by atoms with E-state index in [0.717, 1.165) is 12.8 Å². The highest BCUT2D eigenvalue weighted by Crippen LogP contribution is 2.51. The number of carbonyl (C=O) groups is 1. The molecule has 0 amide bonds. The average molecular weight is 349 g/mol. The molecule has 0 unspecified atom stereocenters. The van der Waals surface area contributed by atoms with Gasteiger partial charge in [0.05, 0.1) is 5.41 Å². The van der Waals surface area contributed by atoms with E-state index >= 15 is 0 Å². The van der Waals surface area contributed by atoms with Gasteiger partial charge < -0.3 is 0 Å². The zero-order valence-corrected chi connectivity index (χ0v) is 16.4. The van der Waals surface area contributed by atoms with E-state index < -0.39 is 5.41 Å². The number of ketones is 1. The van der Waals surface area contributed by atoms with Gasteiger partial charge in [-0.25, -0.2) is 0 Å². The lowest BCUT2D eigenvalue weighted by Gasteiger charge is -2.29. The van der Waals surface area contributed by atoms with Gasteiger partial charge in [-0.3, -0.25) is 4.79 Å². The minimum atomic E-state index is -0.435. The molecule has 0 saturated carbocycles. The highest BCUT2D eigenvalue weighted by atomic mass is 16.1. The summed E-state index contributed by atoms with van der Waals surface area (Å²) in [5, 5.41) is 0. The van der Waals surface area contributed by atoms with E-state index in [1.54, 1.807) is 6.92 Å². The summed E-state index contributed by atoms with van der Waals surface area (Å²) in [5.74, 6) is 0.290. The molecule has 2 aromatic rings. The van der Waals surface area contributed by atoms with Crippen LogP contribution in [0.15, 0.2) is 48.5 Å². The van der Waals surface area contributed by atoms with Crippen LogP contribution in [0, 0.1) is 0 Å². The Morgan fingerprint density at radius 3 is 1.69 bits per heavy atom. The Morgan fingerprint density at radius 1 is 0.731 bits per heavy atom. The maximum atomic E-state index is 12.9. The van der Waals surface area contributed by atoms with Gasteiger partial charge >= 0.3 is 0 Å². The summed E-state index contributed by atoms with van der Waals surface area (Å²) in [6.07, 6.45) is 11.3. The lowest BCUT2D eigenvalue weighted by atomic mass is 9.71. The van der Waals surface area contributed by atoms with Crippen molar-refractivity contribution in [3.63, 3.8) is 0 Å². The summed E-state index contributed by atoms with van der Waals surface area (Å²) >= 11 is 0. The molecule has 138 valence electrons. The SMILES string of the molecule is CCCCCCCCCCC1(C(C)=O)c2ccccc2-c2ccccc21. The average Bonchev–Trinajstić information content (AvgIpc) is 2.95. The molecule has 1 nitrogen and oxygen atoms in total. The quantitative estimate of drug-likeness (QED) is 0.419. The summed E-state index contributed by atoms with van der Waals surface area (Å²) in [4.78, 5) is 12.9. The van der Waals surface area contributed by atoms with Crippen LogP contribution >= 0.6 is 0 Å². The molecule has 0 aromatic heterocycles. The third-order valence-electron chi connectivity index (χ3n) is 6.07. The first-order valence-corrected chi connectivity index (χ1v) is 10.4. The zero-order chi connectivity index (χ0) is 18.4. The van der Waals surface area contributed by atoms with Crippen LogP contribution in [0.25, 0.3) is 11.1 Å². The molecule has 0 fully saturated rings. The number of hydrogen-bond donors (Lipinski definition) is 0. The van der Waals surface area contributed by atoms with Crippen molar-refractivity contribution in [2.24, 2.45) is 0 Å². The van der Waals surface area contributed by atoms with Crippen LogP contribution in [0.3, 0.4) is 0 Å². The van der Waals surface area contributed by atoms with Crippen LogP contribution in [0.4, 0.5) is 0 Å². The van der Waals surface area contributed by atoms with Crippen LogP contribution in [0.2, 0.25) is 0 Å². The molecule has 0 bridgehead atoms. The number of rotatable bonds is 10. The van der Waals surface area contributed by atoms with Crippen molar-refractivity contribution < 1.29 is 4.79 Å². The van der Waals surface area contributed by atoms with Gasteiger partial charge in [-0.05, 0) is 35.6 Å². The molecule has 2 aromatic carbocycles. The third kappa shape index (κ3) is 3.49. The Hall–Kier alpha value is -1.89. The molecule has 1 aliphatic rings. The summed E-state index contributed by atoms with van der Waals surface area (Å²) in [6.45, 7) is 4.04. The number of carbonyl (C=O) groups excluding carboxylic acids is 1. The Kier molecular flexibility index (Phi) is 6.29. The van der Waals surface area contributed by atoms with Crippen molar-refractivity contribution in [1.82, 2.24) is 0 Å². The maximum Gasteiger partial charge on any atom is 0.144 e. The smallest absolute Gasteiger partial charge is 0.144 e. The highest BCUT2D eigenvalue weighted by Gasteiger charge is 2.45. The molecule has 1 heteroatoms. The van der Waals surface area contributed by atoms with Crippen molar-refractivity contribution in [3.8, 4) is 11.1 Å². The minimum absolute atomic E-state index is 0.290. The van der Waals surface area contributed by atoms with Gasteiger partial charge in [-0.1, -0.05) is 107 Å². The molecule has 0 aliphatic heterocycles. The molecular weight excluding hydrogens is 316 g/mol. The normalized spacial score (nSPS) is 14.1. The van der Waals surface area contributed by atoms with Crippen LogP contribution < -0.4 is 0 Å². The summed E-state index contributed by atoms with van der Waals surface area (Å²) in [5.41, 5.74) is 4.50. The van der Waals surface area contributed by atoms with Crippen LogP contribution in [0.1, 0.15) is 82.8 Å². The van der Waals surface area contributed by atoms with E-state index in [-0.39, 0.29) is 5.78 Å². The van der Waals surface area contributed by atoms with E-state index in [4.69, 9.17) is 0 Å². The first kappa shape index (κ1) is 18.9. The van der Waals surface area contributed by atoms with Crippen molar-refractivity contribution in [2.75, 3.05) is 0 Å². The maximum absolute atomic E-state index is 12.9. The molecule has 0 spiro atoms. The monoisotopic (exact) mass is 348 g/mol. The fourth-order valence-corrected chi connectivity index (χ4v) is 4.67. The molecular formula is C25H32O. The standard InChI is InChI=1S/C25H32O/c1-3-4-5-6-7-8-9-14-19-25(20(2)26)23-17-12-10-15-21(23)22-16-11-13-18-24(22)25/h10-13,15-18H,3-9,14,19H2,1-2H3. The lowest BCUT2D eigenvalue weighted by molar-refractivity contribution is -0.121. The van der Waals surface area contributed by atoms with E-state index in [9.17, 15) is 4.79 Å². The van der Waals surface area contributed by atoms with Crippen molar-refractivity contribution in [3.05, 3.63) is 59.7 Å². The topological polar surface area (TPSA) is 17.1 Å². The number of benzene rings is 2. The van der Waals surface area contributed by atoms with Crippen LogP contribution in [-0.4, -0.2) is 5.78 Å². The second-order valence-corrected chi connectivity index (χ2v) is 7.78. The first-order chi connectivity index (χ1) is 12.7. The number of Topliss-reactive ketones (excluding diaryl/α,β-unsaturated/α-hetero) is 1. The van der Waals surface area contributed by atoms with Gasteiger partial charge in [0.2, 0.25) is 0 Å². The van der Waals surface area contributed by atoms with Gasteiger partial charge in [0, 0.05) is 0 Å². The van der Waals surface area contributed by atoms with Gasteiger partial charge in [-0.2, -0.15) is 0 Å². The van der Waals surface area contributed by atoms with E-state index in [2.05, 4.69) is 55.5 Å². The van der Waals surface area contributed by atoms with Crippen LogP contribution in [-0.2, 0) is 10.2 Å². The highest BCUT2D eigenvalue weighted by molar-refractivity contribution is 6.00. The largest absolute Gasteiger partial charge is 0.299 e. The summed E-state index contributed by atoms with van der Waals surface area (Å²) in [6, 6.07) is 17.0. The van der Waals surface area contributed by atoms with E-state index in [0.29, 0.717) is 0 Å². The predicted octanol–water partition coefficient (Wildman–Crippen LogP) is 7.07. The second kappa shape index (κ2) is 8.66. The van der Waals surface area contributed by atoms with Gasteiger partial charge in [-0.15, -0.1) is 0 Å². The molecule has 0 heterocycles. The zero-order valence-electron chi connectivity index (χ0n) is 16.4. The van der Waals surface area contributed by atoms with Gasteiger partial charge in [0.25, 0.3) is 0 Å². The van der Waals surface area contributed by atoms with Crippen molar-refractivity contribution in [2.45, 2.75) is 77.0 Å². The molecule has 26 heavy (non-hydrogen) atoms. The van der Waals surface area contributed by atoms with Crippen LogP contribution in [0.5, 0.6) is 0 Å². The molecule has 1 aliphatic carbocycles. The Balaban J connectivity index is 1.73. The summed E-state index contributed by atoms with van der Waals surface area (Å²) < 4.78 is 0. The predicted molar refractivity (Wildman–Crippen MR) is 111 cm³/mol. The Bertz CT molecular complexity index is 698. The van der Waals surface area contributed by atoms with E-state index in [1.807, 2.05) is 0 Å². The molecule has 0 saturated heterocycles. The fourth-order valence-electron chi connectivity index (χ4n) is 4.67. The number of fused-ring (bicyclic) bond motifs is 3. The van der Waals surface area contributed by atoms with Gasteiger partial charge in [0.1, 0.15) is 5.78 Å². The fraction of sp³-hybridized carbons (Fsp3) is 0.480. The molecule has 0 N–H and O–H groups in total. The molecule has 0 atom stereocenters. The van der Waals surface area contributed by atoms with Gasteiger partial charge in [0.15, 0.2) is 0 Å². The van der Waals surface area contributed by atoms with Crippen molar-refractivity contribution >= 4 is 5.78 Å². The lowest BCUT2D eigenvalue weighted by Crippen LogP contribution is -2.33. The molecule has 3 rings (SSSR count). The minimum Gasteiger partial charge on any atom is -0.299 e. The number of hydrogen-bond acceptors (Lipinski definition) is 1. The first-order valence-electron chi connectivity index (χ1n) is 10.4. The Labute approximate surface area is 158 Å². The third-order valence-corrected chi connectivity index (χ3v) is 6.07. The van der Waals surface area contributed by atoms with Crippen molar-refractivity contribution in [1.29, 1.82) is 0 Å². The second-order valence-electron chi connectivity index (χ2n) is 7.78.